The van der Waals surface area contributed by atoms with Gasteiger partial charge in [0.2, 0.25) is 0 Å². The maximum absolute atomic E-state index is 13.0. The average Bonchev–Trinajstić information content (AvgIpc) is 2.53. The number of rotatable bonds is 5. The first-order valence-corrected chi connectivity index (χ1v) is 9.73. The van der Waals surface area contributed by atoms with E-state index in [9.17, 15) is 3.83 Å². The molecule has 0 N–H and O–H groups in total. The minimum atomic E-state index is -2.16. The van der Waals surface area contributed by atoms with E-state index in [1.165, 1.54) is 16.7 Å². The summed E-state index contributed by atoms with van der Waals surface area (Å²) in [5.41, 5.74) is 3.89. The third kappa shape index (κ3) is 3.08. The van der Waals surface area contributed by atoms with E-state index in [0.29, 0.717) is 0 Å². The Morgan fingerprint density at radius 1 is 0.850 bits per heavy atom. The summed E-state index contributed by atoms with van der Waals surface area (Å²) in [4.78, 5) is 0. The third-order valence-corrected chi connectivity index (χ3v) is 6.96. The van der Waals surface area contributed by atoms with E-state index < -0.39 is 13.8 Å². The molecule has 0 radical (unpaired) electrons. The van der Waals surface area contributed by atoms with Crippen molar-refractivity contribution in [3.8, 4) is 0 Å². The van der Waals surface area contributed by atoms with Crippen LogP contribution in [0.4, 0.5) is 0 Å². The van der Waals surface area contributed by atoms with Gasteiger partial charge in [0, 0.05) is 0 Å². The number of benzene rings is 2. The van der Waals surface area contributed by atoms with Gasteiger partial charge in [-0.2, -0.15) is 0 Å². The monoisotopic (exact) mass is 334 g/mol. The zero-order chi connectivity index (χ0) is 14.5. The summed E-state index contributed by atoms with van der Waals surface area (Å²) in [6.07, 6.45) is 2.94. The Morgan fingerprint density at radius 3 is 1.85 bits per heavy atom. The quantitative estimate of drug-likeness (QED) is 0.769. The van der Waals surface area contributed by atoms with Crippen LogP contribution in [-0.4, -0.2) is 13.8 Å². The summed E-state index contributed by atoms with van der Waals surface area (Å²) in [7, 11) is 0. The maximum atomic E-state index is 13.0. The van der Waals surface area contributed by atoms with Crippen molar-refractivity contribution in [2.45, 2.75) is 40.0 Å². The van der Waals surface area contributed by atoms with Gasteiger partial charge in [0.05, 0.1) is 0 Å². The first-order valence-electron chi connectivity index (χ1n) is 7.32. The number of hydrogen-bond donors (Lipinski definition) is 0. The molecule has 0 spiro atoms. The molecule has 0 heterocycles. The van der Waals surface area contributed by atoms with Crippen molar-refractivity contribution >= 4 is 22.8 Å². The van der Waals surface area contributed by atoms with Crippen LogP contribution < -0.4 is 8.92 Å². The Kier molecular flexibility index (Phi) is 5.28. The van der Waals surface area contributed by atoms with Gasteiger partial charge in [-0.15, -0.1) is 0 Å². The van der Waals surface area contributed by atoms with E-state index in [-0.39, 0.29) is 0 Å². The van der Waals surface area contributed by atoms with Crippen molar-refractivity contribution in [2.24, 2.45) is 0 Å². The Balaban J connectivity index is 2.57. The minimum absolute atomic E-state index is 0.950. The van der Waals surface area contributed by atoms with E-state index in [1.54, 1.807) is 0 Å². The predicted octanol–water partition coefficient (Wildman–Crippen LogP) is 2.91. The van der Waals surface area contributed by atoms with E-state index >= 15 is 0 Å². The summed E-state index contributed by atoms with van der Waals surface area (Å²) in [5, 5.41) is 0. The fourth-order valence-corrected chi connectivity index (χ4v) is 5.65. The summed E-state index contributed by atoms with van der Waals surface area (Å²) >= 11 is -2.16. The molecule has 1 atom stereocenters. The molecule has 2 heteroatoms. The molecule has 0 amide bonds. The Labute approximate surface area is 126 Å². The van der Waals surface area contributed by atoms with Gasteiger partial charge in [0.25, 0.3) is 0 Å². The normalized spacial score (nSPS) is 12.3. The summed E-state index contributed by atoms with van der Waals surface area (Å²) in [5.74, 6) is 0. The van der Waals surface area contributed by atoms with E-state index in [1.807, 2.05) is 30.3 Å². The Morgan fingerprint density at radius 2 is 1.40 bits per heavy atom. The van der Waals surface area contributed by atoms with Gasteiger partial charge in [0.15, 0.2) is 0 Å². The third-order valence-electron chi connectivity index (χ3n) is 3.62. The second-order valence-corrected chi connectivity index (χ2v) is 7.86. The van der Waals surface area contributed by atoms with Crippen molar-refractivity contribution in [1.29, 1.82) is 0 Å². The summed E-state index contributed by atoms with van der Waals surface area (Å²) < 4.78 is 15.1. The van der Waals surface area contributed by atoms with Crippen molar-refractivity contribution in [2.75, 3.05) is 0 Å². The van der Waals surface area contributed by atoms with Gasteiger partial charge >= 0.3 is 126 Å². The van der Waals surface area contributed by atoms with E-state index in [2.05, 4.69) is 32.9 Å². The summed E-state index contributed by atoms with van der Waals surface area (Å²) in [6, 6.07) is 14.4. The average molecular weight is 333 g/mol. The molecule has 0 fully saturated rings. The second-order valence-electron chi connectivity index (χ2n) is 4.89. The van der Waals surface area contributed by atoms with Crippen LogP contribution in [0.3, 0.4) is 0 Å². The molecule has 0 bridgehead atoms. The van der Waals surface area contributed by atoms with Crippen molar-refractivity contribution in [1.82, 2.24) is 0 Å². The molecule has 106 valence electrons. The molecule has 1 unspecified atom stereocenters. The molecular formula is C18H22OSe. The molecule has 0 aliphatic rings. The van der Waals surface area contributed by atoms with Crippen LogP contribution in [0.25, 0.3) is 0 Å². The van der Waals surface area contributed by atoms with Crippen LogP contribution in [0.15, 0.2) is 42.5 Å². The molecule has 0 aromatic heterocycles. The fourth-order valence-electron chi connectivity index (χ4n) is 2.46. The van der Waals surface area contributed by atoms with Gasteiger partial charge in [-0.3, -0.25) is 0 Å². The zero-order valence-electron chi connectivity index (χ0n) is 12.5. The first-order chi connectivity index (χ1) is 9.71. The van der Waals surface area contributed by atoms with Gasteiger partial charge in [-0.05, 0) is 0 Å². The van der Waals surface area contributed by atoms with Gasteiger partial charge in [-0.25, -0.2) is 0 Å². The predicted molar refractivity (Wildman–Crippen MR) is 86.7 cm³/mol. The second kappa shape index (κ2) is 6.97. The zero-order valence-corrected chi connectivity index (χ0v) is 14.2. The van der Waals surface area contributed by atoms with Gasteiger partial charge < -0.3 is 0 Å². The Hall–Kier alpha value is -1.24. The number of hydrogen-bond acceptors (Lipinski definition) is 1. The molecule has 0 saturated heterocycles. The molecule has 2 aromatic rings. The van der Waals surface area contributed by atoms with Crippen molar-refractivity contribution in [3.63, 3.8) is 0 Å². The molecule has 0 aliphatic heterocycles. The van der Waals surface area contributed by atoms with E-state index in [4.69, 9.17) is 0 Å². The topological polar surface area (TPSA) is 17.1 Å². The molecule has 0 aliphatic carbocycles. The first kappa shape index (κ1) is 15.2. The van der Waals surface area contributed by atoms with E-state index in [0.717, 1.165) is 28.2 Å². The Bertz CT molecular complexity index is 577. The molecule has 1 nitrogen and oxygen atoms in total. The number of aryl methyl sites for hydroxylation is 3. The van der Waals surface area contributed by atoms with Gasteiger partial charge in [0.1, 0.15) is 0 Å². The summed E-state index contributed by atoms with van der Waals surface area (Å²) in [6.45, 7) is 6.49. The standard InChI is InChI=1S/C18H22OSe/c1-4-14-12-15(5-2)18(16(6-3)13-14)20(19)17-10-8-7-9-11-17/h7-13H,4-6H2,1-3H3. The van der Waals surface area contributed by atoms with Crippen LogP contribution in [-0.2, 0) is 23.1 Å². The van der Waals surface area contributed by atoms with Crippen LogP contribution in [0.2, 0.25) is 0 Å². The van der Waals surface area contributed by atoms with Crippen molar-refractivity contribution < 1.29 is 3.83 Å². The van der Waals surface area contributed by atoms with Crippen LogP contribution in [0.1, 0.15) is 37.5 Å². The molecule has 2 aromatic carbocycles. The van der Waals surface area contributed by atoms with Crippen LogP contribution >= 0.6 is 0 Å². The molecule has 20 heavy (non-hydrogen) atoms. The molecule has 0 saturated carbocycles. The fraction of sp³-hybridized carbons (Fsp3) is 0.333. The SMILES string of the molecule is CCc1cc(CC)c([Se](=O)c2ccccc2)c(CC)c1. The van der Waals surface area contributed by atoms with Crippen LogP contribution in [0.5, 0.6) is 0 Å². The van der Waals surface area contributed by atoms with Gasteiger partial charge in [-0.1, -0.05) is 0 Å². The van der Waals surface area contributed by atoms with Crippen LogP contribution in [0, 0.1) is 0 Å². The molecular weight excluding hydrogens is 311 g/mol. The van der Waals surface area contributed by atoms with Crippen molar-refractivity contribution in [3.05, 3.63) is 59.2 Å². The molecule has 2 rings (SSSR count).